The second kappa shape index (κ2) is 9.27. The van der Waals surface area contributed by atoms with Crippen LogP contribution in [0.2, 0.25) is 0 Å². The number of benzene rings is 2. The SMILES string of the molecule is Cc1cc(C)c(NCC(=O)Nc2ccc(OCCC(C)C)cc2)c(C)c1. The first-order valence-electron chi connectivity index (χ1n) is 9.19. The summed E-state index contributed by atoms with van der Waals surface area (Å²) in [6.45, 7) is 11.5. The Morgan fingerprint density at radius 3 is 2.23 bits per heavy atom. The van der Waals surface area contributed by atoms with Crippen LogP contribution < -0.4 is 15.4 Å². The summed E-state index contributed by atoms with van der Waals surface area (Å²) < 4.78 is 5.69. The molecule has 0 aliphatic heterocycles. The van der Waals surface area contributed by atoms with Crippen LogP contribution in [-0.2, 0) is 4.79 Å². The third-order valence-electron chi connectivity index (χ3n) is 4.20. The molecule has 0 aliphatic rings. The summed E-state index contributed by atoms with van der Waals surface area (Å²) in [7, 11) is 0. The van der Waals surface area contributed by atoms with Gasteiger partial charge in [-0.2, -0.15) is 0 Å². The number of anilines is 2. The number of nitrogens with one attached hydrogen (secondary N) is 2. The van der Waals surface area contributed by atoms with E-state index in [-0.39, 0.29) is 12.5 Å². The van der Waals surface area contributed by atoms with Crippen LogP contribution >= 0.6 is 0 Å². The van der Waals surface area contributed by atoms with Crippen LogP contribution in [0.15, 0.2) is 36.4 Å². The molecule has 1 amide bonds. The minimum atomic E-state index is -0.0714. The molecule has 0 aromatic heterocycles. The maximum Gasteiger partial charge on any atom is 0.243 e. The van der Waals surface area contributed by atoms with Crippen molar-refractivity contribution in [1.82, 2.24) is 0 Å². The number of carbonyl (C=O) groups excluding carboxylic acids is 1. The van der Waals surface area contributed by atoms with Crippen molar-refractivity contribution in [3.05, 3.63) is 53.1 Å². The van der Waals surface area contributed by atoms with E-state index >= 15 is 0 Å². The van der Waals surface area contributed by atoms with Crippen molar-refractivity contribution in [2.24, 2.45) is 5.92 Å². The van der Waals surface area contributed by atoms with Crippen LogP contribution in [0, 0.1) is 26.7 Å². The summed E-state index contributed by atoms with van der Waals surface area (Å²) in [4.78, 5) is 12.2. The maximum absolute atomic E-state index is 12.2. The van der Waals surface area contributed by atoms with Crippen molar-refractivity contribution in [3.8, 4) is 5.75 Å². The van der Waals surface area contributed by atoms with Gasteiger partial charge in [-0.3, -0.25) is 4.79 Å². The molecular weight excluding hydrogens is 324 g/mol. The molecule has 0 radical (unpaired) electrons. The Hall–Kier alpha value is -2.49. The maximum atomic E-state index is 12.2. The zero-order valence-electron chi connectivity index (χ0n) is 16.5. The molecule has 26 heavy (non-hydrogen) atoms. The lowest BCUT2D eigenvalue weighted by Gasteiger charge is -2.14. The minimum Gasteiger partial charge on any atom is -0.494 e. The van der Waals surface area contributed by atoms with Gasteiger partial charge in [0.25, 0.3) is 0 Å². The summed E-state index contributed by atoms with van der Waals surface area (Å²) in [5, 5.41) is 6.15. The Morgan fingerprint density at radius 2 is 1.65 bits per heavy atom. The third kappa shape index (κ3) is 6.10. The molecule has 0 fully saturated rings. The fourth-order valence-electron chi connectivity index (χ4n) is 2.88. The Bertz CT molecular complexity index is 713. The van der Waals surface area contributed by atoms with Gasteiger partial charge < -0.3 is 15.4 Å². The van der Waals surface area contributed by atoms with Gasteiger partial charge in [-0.25, -0.2) is 0 Å². The Morgan fingerprint density at radius 1 is 1.04 bits per heavy atom. The van der Waals surface area contributed by atoms with Crippen molar-refractivity contribution in [1.29, 1.82) is 0 Å². The van der Waals surface area contributed by atoms with Crippen LogP contribution in [0.5, 0.6) is 5.75 Å². The quantitative estimate of drug-likeness (QED) is 0.694. The Labute approximate surface area is 157 Å². The lowest BCUT2D eigenvalue weighted by molar-refractivity contribution is -0.114. The van der Waals surface area contributed by atoms with E-state index in [1.165, 1.54) is 5.56 Å². The van der Waals surface area contributed by atoms with Crippen LogP contribution in [0.4, 0.5) is 11.4 Å². The molecule has 0 bridgehead atoms. The molecule has 0 aliphatic carbocycles. The molecule has 0 atom stereocenters. The molecule has 4 heteroatoms. The number of amides is 1. The van der Waals surface area contributed by atoms with Crippen molar-refractivity contribution >= 4 is 17.3 Å². The van der Waals surface area contributed by atoms with E-state index in [9.17, 15) is 4.79 Å². The van der Waals surface area contributed by atoms with Gasteiger partial charge in [0.2, 0.25) is 5.91 Å². The lowest BCUT2D eigenvalue weighted by atomic mass is 10.1. The fourth-order valence-corrected chi connectivity index (χ4v) is 2.88. The van der Waals surface area contributed by atoms with E-state index in [0.29, 0.717) is 12.5 Å². The van der Waals surface area contributed by atoms with Gasteiger partial charge >= 0.3 is 0 Å². The van der Waals surface area contributed by atoms with Crippen LogP contribution in [-0.4, -0.2) is 19.1 Å². The first-order chi connectivity index (χ1) is 12.3. The summed E-state index contributed by atoms with van der Waals surface area (Å²) in [5.74, 6) is 1.38. The first kappa shape index (κ1) is 19.8. The van der Waals surface area contributed by atoms with Gasteiger partial charge in [0.1, 0.15) is 5.75 Å². The van der Waals surface area contributed by atoms with Crippen LogP contribution in [0.1, 0.15) is 37.0 Å². The molecule has 0 spiro atoms. The number of ether oxygens (including phenoxy) is 1. The number of hydrogen-bond donors (Lipinski definition) is 2. The average Bonchev–Trinajstić information content (AvgIpc) is 2.55. The monoisotopic (exact) mass is 354 g/mol. The van der Waals surface area contributed by atoms with Gasteiger partial charge in [-0.05, 0) is 68.5 Å². The average molecular weight is 354 g/mol. The van der Waals surface area contributed by atoms with Crippen molar-refractivity contribution in [2.45, 2.75) is 41.0 Å². The molecule has 0 saturated heterocycles. The minimum absolute atomic E-state index is 0.0714. The van der Waals surface area contributed by atoms with Crippen molar-refractivity contribution in [3.63, 3.8) is 0 Å². The molecule has 2 N–H and O–H groups in total. The van der Waals surface area contributed by atoms with E-state index in [0.717, 1.165) is 34.7 Å². The largest absolute Gasteiger partial charge is 0.494 e. The zero-order chi connectivity index (χ0) is 19.1. The highest BCUT2D eigenvalue weighted by Gasteiger charge is 2.07. The zero-order valence-corrected chi connectivity index (χ0v) is 16.5. The van der Waals surface area contributed by atoms with E-state index in [4.69, 9.17) is 4.74 Å². The van der Waals surface area contributed by atoms with Gasteiger partial charge in [-0.1, -0.05) is 31.5 Å². The molecule has 4 nitrogen and oxygen atoms in total. The standard InChI is InChI=1S/C22H30N2O2/c1-15(2)10-11-26-20-8-6-19(7-9-20)24-21(25)14-23-22-17(4)12-16(3)13-18(22)5/h6-9,12-13,15,23H,10-11,14H2,1-5H3,(H,24,25). The number of aryl methyl sites for hydroxylation is 3. The van der Waals surface area contributed by atoms with Gasteiger partial charge in [-0.15, -0.1) is 0 Å². The summed E-state index contributed by atoms with van der Waals surface area (Å²) in [6.07, 6.45) is 1.03. The molecule has 140 valence electrons. The number of carbonyl (C=O) groups is 1. The van der Waals surface area contributed by atoms with E-state index in [1.807, 2.05) is 24.3 Å². The second-order valence-corrected chi connectivity index (χ2v) is 7.23. The lowest BCUT2D eigenvalue weighted by Crippen LogP contribution is -2.22. The molecule has 2 rings (SSSR count). The predicted octanol–water partition coefficient (Wildman–Crippen LogP) is 5.09. The summed E-state index contributed by atoms with van der Waals surface area (Å²) in [5.41, 5.74) is 5.33. The normalized spacial score (nSPS) is 10.7. The molecule has 0 saturated carbocycles. The van der Waals surface area contributed by atoms with Gasteiger partial charge in [0, 0.05) is 11.4 Å². The molecule has 0 heterocycles. The highest BCUT2D eigenvalue weighted by atomic mass is 16.5. The van der Waals surface area contributed by atoms with Gasteiger partial charge in [0.15, 0.2) is 0 Å². The van der Waals surface area contributed by atoms with Crippen molar-refractivity contribution < 1.29 is 9.53 Å². The summed E-state index contributed by atoms with van der Waals surface area (Å²) in [6, 6.07) is 11.7. The smallest absolute Gasteiger partial charge is 0.243 e. The van der Waals surface area contributed by atoms with E-state index in [2.05, 4.69) is 57.4 Å². The highest BCUT2D eigenvalue weighted by Crippen LogP contribution is 2.22. The van der Waals surface area contributed by atoms with Gasteiger partial charge in [0.05, 0.1) is 13.2 Å². The molecule has 2 aromatic carbocycles. The van der Waals surface area contributed by atoms with Crippen molar-refractivity contribution in [2.75, 3.05) is 23.8 Å². The molecule has 2 aromatic rings. The predicted molar refractivity (Wildman–Crippen MR) is 109 cm³/mol. The summed E-state index contributed by atoms with van der Waals surface area (Å²) >= 11 is 0. The van der Waals surface area contributed by atoms with E-state index in [1.54, 1.807) is 0 Å². The number of rotatable bonds is 8. The highest BCUT2D eigenvalue weighted by molar-refractivity contribution is 5.94. The second-order valence-electron chi connectivity index (χ2n) is 7.23. The number of hydrogen-bond acceptors (Lipinski definition) is 3. The Kier molecular flexibility index (Phi) is 7.07. The fraction of sp³-hybridized carbons (Fsp3) is 0.409. The third-order valence-corrected chi connectivity index (χ3v) is 4.20. The first-order valence-corrected chi connectivity index (χ1v) is 9.19. The van der Waals surface area contributed by atoms with E-state index < -0.39 is 0 Å². The van der Waals surface area contributed by atoms with Crippen LogP contribution in [0.25, 0.3) is 0 Å². The topological polar surface area (TPSA) is 50.4 Å². The van der Waals surface area contributed by atoms with Crippen LogP contribution in [0.3, 0.4) is 0 Å². The Balaban J connectivity index is 1.84. The molecule has 0 unspecified atom stereocenters. The molecular formula is C22H30N2O2.